The van der Waals surface area contributed by atoms with Crippen LogP contribution in [0.2, 0.25) is 0 Å². The second-order valence-corrected chi connectivity index (χ2v) is 5.73. The third-order valence-electron chi connectivity index (χ3n) is 3.03. The number of benzene rings is 1. The maximum absolute atomic E-state index is 12.2. The first-order valence-electron chi connectivity index (χ1n) is 5.24. The lowest BCUT2D eigenvalue weighted by molar-refractivity contribution is 0.598. The van der Waals surface area contributed by atoms with Gasteiger partial charge in [-0.25, -0.2) is 0 Å². The molecule has 1 aliphatic carbocycles. The Morgan fingerprint density at radius 3 is 2.50 bits per heavy atom. The van der Waals surface area contributed by atoms with Crippen molar-refractivity contribution in [1.82, 2.24) is 0 Å². The molecule has 0 radical (unpaired) electrons. The third kappa shape index (κ3) is 1.90. The summed E-state index contributed by atoms with van der Waals surface area (Å²) in [6.45, 7) is 2.22. The van der Waals surface area contributed by atoms with Crippen LogP contribution < -0.4 is 0 Å². The summed E-state index contributed by atoms with van der Waals surface area (Å²) < 4.78 is 12.2. The Labute approximate surface area is 88.0 Å². The van der Waals surface area contributed by atoms with E-state index in [0.29, 0.717) is 11.2 Å². The smallest absolute Gasteiger partial charge is 0.0563 e. The van der Waals surface area contributed by atoms with E-state index in [1.54, 1.807) is 0 Å². The van der Waals surface area contributed by atoms with Crippen LogP contribution in [0.4, 0.5) is 0 Å². The van der Waals surface area contributed by atoms with E-state index in [0.717, 1.165) is 11.3 Å². The Hall–Kier alpha value is -0.630. The molecule has 0 amide bonds. The van der Waals surface area contributed by atoms with Crippen LogP contribution in [-0.2, 0) is 10.8 Å². The monoisotopic (exact) mass is 208 g/mol. The zero-order valence-corrected chi connectivity index (χ0v) is 9.30. The lowest BCUT2D eigenvalue weighted by atomic mass is 10.1. The van der Waals surface area contributed by atoms with Gasteiger partial charge in [-0.2, -0.15) is 0 Å². The Kier molecular flexibility index (Phi) is 3.02. The van der Waals surface area contributed by atoms with Crippen LogP contribution in [0.25, 0.3) is 0 Å². The van der Waals surface area contributed by atoms with E-state index in [9.17, 15) is 4.21 Å². The highest BCUT2D eigenvalue weighted by atomic mass is 32.2. The molecule has 0 aromatic heterocycles. The summed E-state index contributed by atoms with van der Waals surface area (Å²) in [6.07, 6.45) is 3.61. The fraction of sp³-hybridized carbons (Fsp3) is 0.500. The largest absolute Gasteiger partial charge is 0.254 e. The number of hydrogen-bond acceptors (Lipinski definition) is 1. The average Bonchev–Trinajstić information content (AvgIpc) is 2.65. The molecule has 0 N–H and O–H groups in total. The van der Waals surface area contributed by atoms with Crippen LogP contribution in [0.15, 0.2) is 35.2 Å². The highest BCUT2D eigenvalue weighted by Crippen LogP contribution is 2.31. The molecular weight excluding hydrogens is 192 g/mol. The zero-order chi connectivity index (χ0) is 9.97. The number of rotatable bonds is 2. The van der Waals surface area contributed by atoms with Crippen molar-refractivity contribution >= 4 is 10.8 Å². The van der Waals surface area contributed by atoms with Crippen LogP contribution in [0, 0.1) is 5.92 Å². The van der Waals surface area contributed by atoms with Gasteiger partial charge in [0, 0.05) is 10.1 Å². The maximum atomic E-state index is 12.2. The Bertz CT molecular complexity index is 320. The molecule has 76 valence electrons. The molecule has 1 aliphatic rings. The van der Waals surface area contributed by atoms with Crippen LogP contribution in [0.3, 0.4) is 0 Å². The molecule has 1 unspecified atom stereocenters. The van der Waals surface area contributed by atoms with Gasteiger partial charge in [0.05, 0.1) is 10.8 Å². The fourth-order valence-electron chi connectivity index (χ4n) is 2.16. The van der Waals surface area contributed by atoms with Crippen LogP contribution in [0.5, 0.6) is 0 Å². The van der Waals surface area contributed by atoms with Gasteiger partial charge in [-0.1, -0.05) is 31.5 Å². The second kappa shape index (κ2) is 4.26. The molecule has 0 spiro atoms. The van der Waals surface area contributed by atoms with Crippen molar-refractivity contribution in [3.8, 4) is 0 Å². The zero-order valence-electron chi connectivity index (χ0n) is 8.48. The van der Waals surface area contributed by atoms with Gasteiger partial charge < -0.3 is 0 Å². The highest BCUT2D eigenvalue weighted by molar-refractivity contribution is 7.85. The summed E-state index contributed by atoms with van der Waals surface area (Å²) in [6, 6.07) is 9.85. The molecule has 0 aliphatic heterocycles. The Balaban J connectivity index is 2.16. The number of hydrogen-bond donors (Lipinski definition) is 0. The van der Waals surface area contributed by atoms with Crippen molar-refractivity contribution in [3.05, 3.63) is 30.3 Å². The molecule has 1 aromatic carbocycles. The van der Waals surface area contributed by atoms with E-state index in [1.807, 2.05) is 30.3 Å². The van der Waals surface area contributed by atoms with E-state index in [2.05, 4.69) is 6.92 Å². The van der Waals surface area contributed by atoms with Crippen molar-refractivity contribution in [2.24, 2.45) is 5.92 Å². The van der Waals surface area contributed by atoms with E-state index in [1.165, 1.54) is 12.8 Å². The van der Waals surface area contributed by atoms with Crippen molar-refractivity contribution in [2.75, 3.05) is 0 Å². The van der Waals surface area contributed by atoms with E-state index >= 15 is 0 Å². The van der Waals surface area contributed by atoms with Crippen LogP contribution >= 0.6 is 0 Å². The minimum Gasteiger partial charge on any atom is -0.254 e. The van der Waals surface area contributed by atoms with E-state index < -0.39 is 10.8 Å². The fourth-order valence-corrected chi connectivity index (χ4v) is 3.87. The standard InChI is InChI=1S/C12H16OS/c1-10-6-5-9-12(10)14(13)11-7-3-2-4-8-11/h2-4,7-8,10,12H,5-6,9H2,1H3/t10-,12+,14?/m1/s1. The van der Waals surface area contributed by atoms with E-state index in [4.69, 9.17) is 0 Å². The first kappa shape index (κ1) is 9.91. The highest BCUT2D eigenvalue weighted by Gasteiger charge is 2.29. The molecule has 1 saturated carbocycles. The maximum Gasteiger partial charge on any atom is 0.0563 e. The molecule has 1 nitrogen and oxygen atoms in total. The van der Waals surface area contributed by atoms with Crippen molar-refractivity contribution in [2.45, 2.75) is 36.3 Å². The minimum atomic E-state index is -0.789. The molecular formula is C12H16OS. The summed E-state index contributed by atoms with van der Waals surface area (Å²) in [5, 5.41) is 0.386. The molecule has 0 saturated heterocycles. The van der Waals surface area contributed by atoms with Crippen molar-refractivity contribution in [3.63, 3.8) is 0 Å². The molecule has 1 fully saturated rings. The summed E-state index contributed by atoms with van der Waals surface area (Å²) in [7, 11) is -0.789. The SMILES string of the molecule is C[C@@H]1CCC[C@@H]1S(=O)c1ccccc1. The van der Waals surface area contributed by atoms with Gasteiger partial charge in [0.2, 0.25) is 0 Å². The normalized spacial score (nSPS) is 28.9. The quantitative estimate of drug-likeness (QED) is 0.730. The predicted octanol–water partition coefficient (Wildman–Crippen LogP) is 2.98. The van der Waals surface area contributed by atoms with Gasteiger partial charge in [0.25, 0.3) is 0 Å². The topological polar surface area (TPSA) is 17.1 Å². The molecule has 1 aromatic rings. The van der Waals surface area contributed by atoms with Gasteiger partial charge >= 0.3 is 0 Å². The minimum absolute atomic E-state index is 0.386. The van der Waals surface area contributed by atoms with Crippen LogP contribution in [-0.4, -0.2) is 9.46 Å². The Morgan fingerprint density at radius 1 is 1.21 bits per heavy atom. The van der Waals surface area contributed by atoms with Gasteiger partial charge in [0.15, 0.2) is 0 Å². The predicted molar refractivity (Wildman–Crippen MR) is 59.7 cm³/mol. The van der Waals surface area contributed by atoms with Crippen LogP contribution in [0.1, 0.15) is 26.2 Å². The third-order valence-corrected chi connectivity index (χ3v) is 5.02. The summed E-state index contributed by atoms with van der Waals surface area (Å²) >= 11 is 0. The molecule has 3 atom stereocenters. The molecule has 0 heterocycles. The van der Waals surface area contributed by atoms with E-state index in [-0.39, 0.29) is 0 Å². The van der Waals surface area contributed by atoms with Gasteiger partial charge in [-0.3, -0.25) is 4.21 Å². The summed E-state index contributed by atoms with van der Waals surface area (Å²) in [5.41, 5.74) is 0. The van der Waals surface area contributed by atoms with Gasteiger partial charge in [-0.05, 0) is 30.9 Å². The Morgan fingerprint density at radius 2 is 1.93 bits per heavy atom. The molecule has 0 bridgehead atoms. The molecule has 14 heavy (non-hydrogen) atoms. The van der Waals surface area contributed by atoms with Gasteiger partial charge in [-0.15, -0.1) is 0 Å². The first-order valence-corrected chi connectivity index (χ1v) is 6.46. The summed E-state index contributed by atoms with van der Waals surface area (Å²) in [5.74, 6) is 0.621. The van der Waals surface area contributed by atoms with Crippen molar-refractivity contribution < 1.29 is 4.21 Å². The second-order valence-electron chi connectivity index (χ2n) is 4.06. The lowest BCUT2D eigenvalue weighted by Gasteiger charge is -2.14. The molecule has 2 heteroatoms. The lowest BCUT2D eigenvalue weighted by Crippen LogP contribution is -2.17. The van der Waals surface area contributed by atoms with Crippen molar-refractivity contribution in [1.29, 1.82) is 0 Å². The molecule has 2 rings (SSSR count). The van der Waals surface area contributed by atoms with Gasteiger partial charge in [0.1, 0.15) is 0 Å². The first-order chi connectivity index (χ1) is 6.79. The summed E-state index contributed by atoms with van der Waals surface area (Å²) in [4.78, 5) is 0.992. The average molecular weight is 208 g/mol.